The van der Waals surface area contributed by atoms with E-state index in [4.69, 9.17) is 0 Å². The molecule has 2 aromatic heterocycles. The molecule has 0 aliphatic rings. The molecule has 2 heterocycles. The fourth-order valence-electron chi connectivity index (χ4n) is 2.88. The molecule has 130 valence electrons. The highest BCUT2D eigenvalue weighted by Crippen LogP contribution is 2.21. The summed E-state index contributed by atoms with van der Waals surface area (Å²) >= 11 is 1.66. The Morgan fingerprint density at radius 1 is 1.28 bits per heavy atom. The smallest absolute Gasteiger partial charge is 0.246 e. The largest absolute Gasteiger partial charge is 0.335 e. The Labute approximate surface area is 152 Å². The van der Waals surface area contributed by atoms with Gasteiger partial charge >= 0.3 is 0 Å². The van der Waals surface area contributed by atoms with Crippen molar-refractivity contribution in [2.24, 2.45) is 0 Å². The molecular formula is C20H23N3OS. The second kappa shape index (κ2) is 7.66. The van der Waals surface area contributed by atoms with E-state index in [-0.39, 0.29) is 5.91 Å². The topological polar surface area (TPSA) is 37.6 Å². The lowest BCUT2D eigenvalue weighted by Gasteiger charge is -2.20. The summed E-state index contributed by atoms with van der Waals surface area (Å²) in [6.45, 7) is 7.52. The SMILES string of the molecule is CCCN(Cc1ccccc1)C(=O)C=Cc1c(C)nc2sc(C)cn12. The molecule has 0 radical (unpaired) electrons. The van der Waals surface area contributed by atoms with Crippen LogP contribution < -0.4 is 0 Å². The number of hydrogen-bond donors (Lipinski definition) is 0. The van der Waals surface area contributed by atoms with Gasteiger partial charge in [-0.05, 0) is 31.9 Å². The van der Waals surface area contributed by atoms with Crippen LogP contribution in [-0.4, -0.2) is 26.7 Å². The van der Waals surface area contributed by atoms with Crippen LogP contribution in [0.4, 0.5) is 0 Å². The highest BCUT2D eigenvalue weighted by Gasteiger charge is 2.12. The quantitative estimate of drug-likeness (QED) is 0.613. The average Bonchev–Trinajstić information content (AvgIpc) is 3.08. The molecule has 0 atom stereocenters. The number of carbonyl (C=O) groups excluding carboxylic acids is 1. The third kappa shape index (κ3) is 3.99. The zero-order valence-electron chi connectivity index (χ0n) is 14.9. The predicted octanol–water partition coefficient (Wildman–Crippen LogP) is 4.46. The Morgan fingerprint density at radius 3 is 2.76 bits per heavy atom. The summed E-state index contributed by atoms with van der Waals surface area (Å²) in [5.41, 5.74) is 3.07. The van der Waals surface area contributed by atoms with Gasteiger partial charge in [0.05, 0.1) is 11.4 Å². The summed E-state index contributed by atoms with van der Waals surface area (Å²) in [7, 11) is 0. The number of rotatable bonds is 6. The molecule has 0 unspecified atom stereocenters. The summed E-state index contributed by atoms with van der Waals surface area (Å²) in [6, 6.07) is 10.1. The Morgan fingerprint density at radius 2 is 2.04 bits per heavy atom. The number of hydrogen-bond acceptors (Lipinski definition) is 3. The summed E-state index contributed by atoms with van der Waals surface area (Å²) < 4.78 is 2.06. The number of amides is 1. The van der Waals surface area contributed by atoms with Gasteiger partial charge < -0.3 is 4.90 Å². The third-order valence-electron chi connectivity index (χ3n) is 4.07. The van der Waals surface area contributed by atoms with Crippen molar-refractivity contribution in [1.29, 1.82) is 0 Å². The normalized spacial score (nSPS) is 11.5. The lowest BCUT2D eigenvalue weighted by molar-refractivity contribution is -0.126. The maximum absolute atomic E-state index is 12.7. The highest BCUT2D eigenvalue weighted by atomic mass is 32.1. The van der Waals surface area contributed by atoms with Crippen LogP contribution in [0.3, 0.4) is 0 Å². The predicted molar refractivity (Wildman–Crippen MR) is 104 cm³/mol. The number of benzene rings is 1. The number of aryl methyl sites for hydroxylation is 2. The van der Waals surface area contributed by atoms with Crippen LogP contribution in [0, 0.1) is 13.8 Å². The average molecular weight is 353 g/mol. The Bertz CT molecular complexity index is 892. The molecule has 0 aliphatic heterocycles. The van der Waals surface area contributed by atoms with Gasteiger partial charge in [0.15, 0.2) is 4.96 Å². The van der Waals surface area contributed by atoms with Gasteiger partial charge in [-0.2, -0.15) is 0 Å². The van der Waals surface area contributed by atoms with Gasteiger partial charge in [-0.3, -0.25) is 9.20 Å². The first-order valence-electron chi connectivity index (χ1n) is 8.54. The van der Waals surface area contributed by atoms with Crippen molar-refractivity contribution < 1.29 is 4.79 Å². The van der Waals surface area contributed by atoms with E-state index in [2.05, 4.69) is 41.6 Å². The molecule has 0 aliphatic carbocycles. The molecule has 0 fully saturated rings. The monoisotopic (exact) mass is 353 g/mol. The third-order valence-corrected chi connectivity index (χ3v) is 4.97. The minimum atomic E-state index is 0.0343. The number of thiazole rings is 1. The van der Waals surface area contributed by atoms with Crippen molar-refractivity contribution in [2.45, 2.75) is 33.7 Å². The molecule has 3 aromatic rings. The molecule has 0 N–H and O–H groups in total. The summed E-state index contributed by atoms with van der Waals surface area (Å²) in [6.07, 6.45) is 6.56. The summed E-state index contributed by atoms with van der Waals surface area (Å²) in [4.78, 5) is 21.3. The van der Waals surface area contributed by atoms with Gasteiger partial charge in [0.2, 0.25) is 5.91 Å². The van der Waals surface area contributed by atoms with Crippen LogP contribution in [-0.2, 0) is 11.3 Å². The van der Waals surface area contributed by atoms with Gasteiger partial charge in [-0.25, -0.2) is 4.98 Å². The number of nitrogens with zero attached hydrogens (tertiary/aromatic N) is 3. The van der Waals surface area contributed by atoms with Crippen molar-refractivity contribution in [3.8, 4) is 0 Å². The van der Waals surface area contributed by atoms with Crippen LogP contribution in [0.25, 0.3) is 11.0 Å². The molecule has 25 heavy (non-hydrogen) atoms. The lowest BCUT2D eigenvalue weighted by Crippen LogP contribution is -2.29. The van der Waals surface area contributed by atoms with Crippen molar-refractivity contribution in [3.05, 3.63) is 64.4 Å². The molecular weight excluding hydrogens is 330 g/mol. The van der Waals surface area contributed by atoms with Crippen LogP contribution in [0.2, 0.25) is 0 Å². The number of imidazole rings is 1. The highest BCUT2D eigenvalue weighted by molar-refractivity contribution is 7.17. The van der Waals surface area contributed by atoms with Crippen molar-refractivity contribution in [2.75, 3.05) is 6.54 Å². The molecule has 0 saturated carbocycles. The number of carbonyl (C=O) groups is 1. The molecule has 0 bridgehead atoms. The molecule has 4 nitrogen and oxygen atoms in total. The van der Waals surface area contributed by atoms with E-state index in [1.165, 1.54) is 4.88 Å². The fourth-order valence-corrected chi connectivity index (χ4v) is 3.76. The van der Waals surface area contributed by atoms with Crippen LogP contribution in [0.5, 0.6) is 0 Å². The molecule has 1 amide bonds. The van der Waals surface area contributed by atoms with E-state index in [1.54, 1.807) is 17.4 Å². The molecule has 3 rings (SSSR count). The standard InChI is InChI=1S/C20H23N3OS/c1-4-12-22(14-17-8-6-5-7-9-17)19(24)11-10-18-16(3)21-20-23(18)13-15(2)25-20/h5-11,13H,4,12,14H2,1-3H3. The molecule has 5 heteroatoms. The second-order valence-electron chi connectivity index (χ2n) is 6.16. The molecule has 0 spiro atoms. The van der Waals surface area contributed by atoms with Crippen molar-refractivity contribution >= 4 is 28.3 Å². The number of fused-ring (bicyclic) bond motifs is 1. The number of aromatic nitrogens is 2. The lowest BCUT2D eigenvalue weighted by atomic mass is 10.2. The fraction of sp³-hybridized carbons (Fsp3) is 0.300. The molecule has 1 aromatic carbocycles. The van der Waals surface area contributed by atoms with Crippen molar-refractivity contribution in [1.82, 2.24) is 14.3 Å². The van der Waals surface area contributed by atoms with Gasteiger partial charge in [-0.15, -0.1) is 11.3 Å². The van der Waals surface area contributed by atoms with Crippen LogP contribution in [0.1, 0.15) is 35.2 Å². The first-order chi connectivity index (χ1) is 12.1. The van der Waals surface area contributed by atoms with E-state index < -0.39 is 0 Å². The Balaban J connectivity index is 1.80. The van der Waals surface area contributed by atoms with E-state index in [9.17, 15) is 4.79 Å². The van der Waals surface area contributed by atoms with E-state index in [0.29, 0.717) is 6.54 Å². The second-order valence-corrected chi connectivity index (χ2v) is 7.37. The maximum Gasteiger partial charge on any atom is 0.246 e. The zero-order valence-corrected chi connectivity index (χ0v) is 15.7. The first kappa shape index (κ1) is 17.4. The summed E-state index contributed by atoms with van der Waals surface area (Å²) in [5.74, 6) is 0.0343. The van der Waals surface area contributed by atoms with E-state index >= 15 is 0 Å². The van der Waals surface area contributed by atoms with E-state index in [1.807, 2.05) is 36.1 Å². The first-order valence-corrected chi connectivity index (χ1v) is 9.36. The van der Waals surface area contributed by atoms with Gasteiger partial charge in [0.1, 0.15) is 0 Å². The minimum Gasteiger partial charge on any atom is -0.335 e. The van der Waals surface area contributed by atoms with Crippen molar-refractivity contribution in [3.63, 3.8) is 0 Å². The van der Waals surface area contributed by atoms with Gasteiger partial charge in [-0.1, -0.05) is 37.3 Å². The maximum atomic E-state index is 12.7. The van der Waals surface area contributed by atoms with Crippen LogP contribution in [0.15, 0.2) is 42.6 Å². The molecule has 0 saturated heterocycles. The summed E-state index contributed by atoms with van der Waals surface area (Å²) in [5, 5.41) is 0. The van der Waals surface area contributed by atoms with Gasteiger partial charge in [0.25, 0.3) is 0 Å². The Kier molecular flexibility index (Phi) is 5.34. The van der Waals surface area contributed by atoms with Gasteiger partial charge in [0, 0.05) is 30.2 Å². The van der Waals surface area contributed by atoms with Crippen LogP contribution >= 0.6 is 11.3 Å². The van der Waals surface area contributed by atoms with E-state index in [0.717, 1.165) is 34.9 Å². The Hall–Kier alpha value is -2.40. The zero-order chi connectivity index (χ0) is 17.8. The minimum absolute atomic E-state index is 0.0343.